The molecule has 72 valence electrons. The lowest BCUT2D eigenvalue weighted by Gasteiger charge is -2.25. The third-order valence-corrected chi connectivity index (χ3v) is 2.10. The maximum Gasteiger partial charge on any atom is 0.115 e. The fourth-order valence-corrected chi connectivity index (χ4v) is 1.25. The van der Waals surface area contributed by atoms with Gasteiger partial charge in [0.2, 0.25) is 0 Å². The van der Waals surface area contributed by atoms with Crippen molar-refractivity contribution >= 4 is 0 Å². The van der Waals surface area contributed by atoms with Gasteiger partial charge in [-0.05, 0) is 5.56 Å². The van der Waals surface area contributed by atoms with Gasteiger partial charge in [0.05, 0.1) is 6.61 Å². The third kappa shape index (κ3) is 2.28. The standard InChI is InChI=1S/C10H14O3/c11-7-6-10(13,8-12)9-4-2-1-3-5-9/h1-5,11-13H,6-8H2. The summed E-state index contributed by atoms with van der Waals surface area (Å²) in [5.41, 5.74) is -0.678. The number of rotatable bonds is 4. The van der Waals surface area contributed by atoms with Crippen LogP contribution in [0.1, 0.15) is 12.0 Å². The van der Waals surface area contributed by atoms with E-state index < -0.39 is 5.60 Å². The zero-order valence-corrected chi connectivity index (χ0v) is 7.35. The average molecular weight is 182 g/mol. The van der Waals surface area contributed by atoms with Gasteiger partial charge in [0.15, 0.2) is 0 Å². The lowest BCUT2D eigenvalue weighted by Crippen LogP contribution is -2.31. The van der Waals surface area contributed by atoms with Crippen LogP contribution < -0.4 is 0 Å². The lowest BCUT2D eigenvalue weighted by molar-refractivity contribution is -0.0366. The molecular formula is C10H14O3. The summed E-state index contributed by atoms with van der Waals surface area (Å²) in [6.07, 6.45) is 0.146. The Kier molecular flexibility index (Phi) is 3.42. The molecule has 3 nitrogen and oxygen atoms in total. The Balaban J connectivity index is 2.89. The molecule has 0 aliphatic rings. The van der Waals surface area contributed by atoms with Gasteiger partial charge in [-0.1, -0.05) is 30.3 Å². The van der Waals surface area contributed by atoms with E-state index in [0.717, 1.165) is 0 Å². The molecule has 1 atom stereocenters. The lowest BCUT2D eigenvalue weighted by atomic mass is 9.92. The normalized spacial score (nSPS) is 15.3. The van der Waals surface area contributed by atoms with E-state index in [4.69, 9.17) is 10.2 Å². The van der Waals surface area contributed by atoms with Crippen LogP contribution in [0.3, 0.4) is 0 Å². The first kappa shape index (κ1) is 10.2. The Morgan fingerprint density at radius 2 is 1.69 bits per heavy atom. The molecule has 1 unspecified atom stereocenters. The van der Waals surface area contributed by atoms with Gasteiger partial charge in [-0.3, -0.25) is 0 Å². The van der Waals surface area contributed by atoms with Gasteiger partial charge in [0, 0.05) is 13.0 Å². The maximum atomic E-state index is 9.88. The van der Waals surface area contributed by atoms with Crippen LogP contribution in [0, 0.1) is 0 Å². The molecule has 13 heavy (non-hydrogen) atoms. The quantitative estimate of drug-likeness (QED) is 0.625. The molecule has 0 aromatic heterocycles. The van der Waals surface area contributed by atoms with Crippen LogP contribution >= 0.6 is 0 Å². The SMILES string of the molecule is OCCC(O)(CO)c1ccccc1. The van der Waals surface area contributed by atoms with Crippen molar-refractivity contribution in [2.45, 2.75) is 12.0 Å². The van der Waals surface area contributed by atoms with Gasteiger partial charge in [-0.25, -0.2) is 0 Å². The van der Waals surface area contributed by atoms with Crippen LogP contribution in [-0.2, 0) is 5.60 Å². The second-order valence-corrected chi connectivity index (χ2v) is 3.03. The van der Waals surface area contributed by atoms with E-state index in [1.807, 2.05) is 6.07 Å². The third-order valence-electron chi connectivity index (χ3n) is 2.10. The molecule has 3 heteroatoms. The fraction of sp³-hybridized carbons (Fsp3) is 0.400. The summed E-state index contributed by atoms with van der Waals surface area (Å²) in [7, 11) is 0. The van der Waals surface area contributed by atoms with Gasteiger partial charge >= 0.3 is 0 Å². The van der Waals surface area contributed by atoms with Crippen LogP contribution in [0.2, 0.25) is 0 Å². The second-order valence-electron chi connectivity index (χ2n) is 3.03. The van der Waals surface area contributed by atoms with E-state index in [1.54, 1.807) is 24.3 Å². The second kappa shape index (κ2) is 4.37. The van der Waals surface area contributed by atoms with Gasteiger partial charge in [0.1, 0.15) is 5.60 Å². The molecule has 3 N–H and O–H groups in total. The van der Waals surface area contributed by atoms with Crippen molar-refractivity contribution < 1.29 is 15.3 Å². The minimum atomic E-state index is -1.31. The molecule has 0 fully saturated rings. The van der Waals surface area contributed by atoms with Crippen LogP contribution in [0.25, 0.3) is 0 Å². The highest BCUT2D eigenvalue weighted by Crippen LogP contribution is 2.23. The first-order valence-corrected chi connectivity index (χ1v) is 4.22. The molecular weight excluding hydrogens is 168 g/mol. The molecule has 0 aliphatic heterocycles. The highest BCUT2D eigenvalue weighted by Gasteiger charge is 2.27. The summed E-state index contributed by atoms with van der Waals surface area (Å²) in [4.78, 5) is 0. The summed E-state index contributed by atoms with van der Waals surface area (Å²) in [6.45, 7) is -0.524. The number of hydrogen-bond donors (Lipinski definition) is 3. The summed E-state index contributed by atoms with van der Waals surface area (Å²) in [6, 6.07) is 8.86. The van der Waals surface area contributed by atoms with E-state index in [0.29, 0.717) is 5.56 Å². The number of hydrogen-bond acceptors (Lipinski definition) is 3. The Hall–Kier alpha value is -0.900. The summed E-state index contributed by atoms with van der Waals surface area (Å²) in [5, 5.41) is 27.6. The zero-order chi connectivity index (χ0) is 9.73. The van der Waals surface area contributed by atoms with E-state index in [-0.39, 0.29) is 19.6 Å². The average Bonchev–Trinajstić information content (AvgIpc) is 2.19. The summed E-state index contributed by atoms with van der Waals surface area (Å²) < 4.78 is 0. The Morgan fingerprint density at radius 3 is 2.15 bits per heavy atom. The van der Waals surface area contributed by atoms with Crippen LogP contribution in [0.5, 0.6) is 0 Å². The molecule has 1 aromatic carbocycles. The zero-order valence-electron chi connectivity index (χ0n) is 7.35. The molecule has 1 aromatic rings. The number of benzene rings is 1. The van der Waals surface area contributed by atoms with E-state index in [9.17, 15) is 5.11 Å². The van der Waals surface area contributed by atoms with Gasteiger partial charge < -0.3 is 15.3 Å². The van der Waals surface area contributed by atoms with E-state index in [1.165, 1.54) is 0 Å². The topological polar surface area (TPSA) is 60.7 Å². The van der Waals surface area contributed by atoms with Crippen molar-refractivity contribution in [3.8, 4) is 0 Å². The number of aliphatic hydroxyl groups is 3. The molecule has 0 spiro atoms. The molecule has 0 radical (unpaired) electrons. The number of aliphatic hydroxyl groups excluding tert-OH is 2. The summed E-state index contributed by atoms with van der Waals surface area (Å²) >= 11 is 0. The molecule has 0 amide bonds. The minimum absolute atomic E-state index is 0.146. The van der Waals surface area contributed by atoms with Crippen LogP contribution in [-0.4, -0.2) is 28.5 Å². The van der Waals surface area contributed by atoms with Crippen molar-refractivity contribution in [3.63, 3.8) is 0 Å². The Morgan fingerprint density at radius 1 is 1.08 bits per heavy atom. The highest BCUT2D eigenvalue weighted by atomic mass is 16.3. The predicted molar refractivity (Wildman–Crippen MR) is 49.1 cm³/mol. The maximum absolute atomic E-state index is 9.88. The Labute approximate surface area is 77.3 Å². The van der Waals surface area contributed by atoms with Crippen molar-refractivity contribution in [2.75, 3.05) is 13.2 Å². The van der Waals surface area contributed by atoms with Crippen molar-refractivity contribution in [1.29, 1.82) is 0 Å². The molecule has 0 heterocycles. The van der Waals surface area contributed by atoms with Crippen LogP contribution in [0.15, 0.2) is 30.3 Å². The minimum Gasteiger partial charge on any atom is -0.396 e. The van der Waals surface area contributed by atoms with E-state index >= 15 is 0 Å². The predicted octanol–water partition coefficient (Wildman–Crippen LogP) is 0.249. The monoisotopic (exact) mass is 182 g/mol. The van der Waals surface area contributed by atoms with Crippen LogP contribution in [0.4, 0.5) is 0 Å². The molecule has 0 bridgehead atoms. The molecule has 0 saturated carbocycles. The summed E-state index contributed by atoms with van der Waals surface area (Å²) in [5.74, 6) is 0. The Bertz CT molecular complexity index is 248. The van der Waals surface area contributed by atoms with Gasteiger partial charge in [-0.2, -0.15) is 0 Å². The van der Waals surface area contributed by atoms with Crippen molar-refractivity contribution in [2.24, 2.45) is 0 Å². The first-order chi connectivity index (χ1) is 6.23. The van der Waals surface area contributed by atoms with E-state index in [2.05, 4.69) is 0 Å². The molecule has 0 aliphatic carbocycles. The van der Waals surface area contributed by atoms with Crippen molar-refractivity contribution in [1.82, 2.24) is 0 Å². The molecule has 1 rings (SSSR count). The van der Waals surface area contributed by atoms with Gasteiger partial charge in [0.25, 0.3) is 0 Å². The molecule has 0 saturated heterocycles. The smallest absolute Gasteiger partial charge is 0.115 e. The highest BCUT2D eigenvalue weighted by molar-refractivity contribution is 5.22. The largest absolute Gasteiger partial charge is 0.396 e. The fourth-order valence-electron chi connectivity index (χ4n) is 1.25. The first-order valence-electron chi connectivity index (χ1n) is 4.22. The van der Waals surface area contributed by atoms with Crippen molar-refractivity contribution in [3.05, 3.63) is 35.9 Å². The van der Waals surface area contributed by atoms with Gasteiger partial charge in [-0.15, -0.1) is 0 Å².